The van der Waals surface area contributed by atoms with Crippen LogP contribution >= 0.6 is 23.2 Å². The third kappa shape index (κ3) is 4.99. The van der Waals surface area contributed by atoms with Crippen molar-refractivity contribution in [3.05, 3.63) is 58.6 Å². The Hall–Kier alpha value is -2.24. The van der Waals surface area contributed by atoms with Crippen molar-refractivity contribution in [2.45, 2.75) is 50.6 Å². The molecule has 1 saturated carbocycles. The maximum Gasteiger partial charge on any atom is 0.329 e. The Balaban J connectivity index is 1.81. The fourth-order valence-electron chi connectivity index (χ4n) is 4.51. The van der Waals surface area contributed by atoms with Crippen LogP contribution in [0.15, 0.2) is 53.5 Å². The van der Waals surface area contributed by atoms with Gasteiger partial charge in [0.2, 0.25) is 5.96 Å². The van der Waals surface area contributed by atoms with Gasteiger partial charge in [-0.25, -0.2) is 9.79 Å². The van der Waals surface area contributed by atoms with Crippen molar-refractivity contribution in [2.24, 2.45) is 4.99 Å². The van der Waals surface area contributed by atoms with Gasteiger partial charge in [-0.15, -0.1) is 0 Å². The van der Waals surface area contributed by atoms with Crippen molar-refractivity contribution >= 4 is 46.5 Å². The molecule has 0 bridgehead atoms. The minimum absolute atomic E-state index is 0.262. The van der Waals surface area contributed by atoms with E-state index in [1.54, 1.807) is 0 Å². The number of carbonyl (C=O) groups is 1. The summed E-state index contributed by atoms with van der Waals surface area (Å²) in [7, 11) is 1.44. The molecule has 1 aliphatic heterocycles. The standard InChI is InChI=1S/C24H27Cl2N3O2/c1-31-23(30)22-15-16-28(20-5-3-2-4-6-20)24(27-19-11-7-17(25)8-12-19)29(22)21-13-9-18(26)10-14-21/h7-14,20,22H,2-6,15-16H2,1H3. The summed E-state index contributed by atoms with van der Waals surface area (Å²) in [5, 5.41) is 1.31. The van der Waals surface area contributed by atoms with Gasteiger partial charge in [0.25, 0.3) is 0 Å². The summed E-state index contributed by atoms with van der Waals surface area (Å²) in [5.41, 5.74) is 1.66. The molecule has 0 radical (unpaired) electrons. The number of benzene rings is 2. The second-order valence-corrected chi connectivity index (χ2v) is 8.92. The first-order valence-electron chi connectivity index (χ1n) is 10.8. The molecule has 1 atom stereocenters. The summed E-state index contributed by atoms with van der Waals surface area (Å²) in [5.74, 6) is 0.514. The first-order chi connectivity index (χ1) is 15.1. The molecule has 2 aliphatic rings. The van der Waals surface area contributed by atoms with Crippen LogP contribution in [0.5, 0.6) is 0 Å². The molecule has 7 heteroatoms. The smallest absolute Gasteiger partial charge is 0.329 e. The van der Waals surface area contributed by atoms with Crippen LogP contribution < -0.4 is 4.90 Å². The molecular weight excluding hydrogens is 433 g/mol. The molecule has 0 N–H and O–H groups in total. The van der Waals surface area contributed by atoms with Crippen molar-refractivity contribution in [3.63, 3.8) is 0 Å². The third-order valence-corrected chi connectivity index (χ3v) is 6.58. The van der Waals surface area contributed by atoms with E-state index in [1.165, 1.54) is 26.4 Å². The molecule has 0 amide bonds. The topological polar surface area (TPSA) is 45.1 Å². The highest BCUT2D eigenvalue weighted by atomic mass is 35.5. The van der Waals surface area contributed by atoms with E-state index in [0.29, 0.717) is 22.5 Å². The van der Waals surface area contributed by atoms with Gasteiger partial charge < -0.3 is 9.64 Å². The van der Waals surface area contributed by atoms with Crippen molar-refractivity contribution in [1.82, 2.24) is 4.90 Å². The SMILES string of the molecule is COC(=O)C1CCN(C2CCCCC2)C(=Nc2ccc(Cl)cc2)N1c1ccc(Cl)cc1. The molecule has 164 valence electrons. The Kier molecular flexibility index (Phi) is 7.03. The summed E-state index contributed by atoms with van der Waals surface area (Å²) < 4.78 is 5.16. The van der Waals surface area contributed by atoms with Gasteiger partial charge in [-0.2, -0.15) is 0 Å². The predicted octanol–water partition coefficient (Wildman–Crippen LogP) is 6.07. The number of rotatable bonds is 4. The Morgan fingerprint density at radius 3 is 2.16 bits per heavy atom. The van der Waals surface area contributed by atoms with E-state index in [4.69, 9.17) is 32.9 Å². The summed E-state index contributed by atoms with van der Waals surface area (Å²) in [4.78, 5) is 22.2. The van der Waals surface area contributed by atoms with Crippen molar-refractivity contribution in [3.8, 4) is 0 Å². The number of aliphatic imine (C=N–C) groups is 1. The minimum atomic E-state index is -0.447. The van der Waals surface area contributed by atoms with E-state index in [2.05, 4.69) is 4.90 Å². The van der Waals surface area contributed by atoms with Crippen molar-refractivity contribution < 1.29 is 9.53 Å². The molecular formula is C24H27Cl2N3O2. The van der Waals surface area contributed by atoms with Gasteiger partial charge in [-0.05, 0) is 67.8 Å². The molecule has 2 aromatic rings. The lowest BCUT2D eigenvalue weighted by molar-refractivity contribution is -0.142. The highest BCUT2D eigenvalue weighted by Gasteiger charge is 2.40. The molecule has 1 aliphatic carbocycles. The van der Waals surface area contributed by atoms with E-state index in [9.17, 15) is 4.79 Å². The molecule has 0 spiro atoms. The number of methoxy groups -OCH3 is 1. The van der Waals surface area contributed by atoms with Crippen LogP contribution in [-0.2, 0) is 9.53 Å². The Bertz CT molecular complexity index is 925. The lowest BCUT2D eigenvalue weighted by atomic mass is 9.93. The average molecular weight is 460 g/mol. The summed E-state index contributed by atoms with van der Waals surface area (Å²) >= 11 is 12.2. The zero-order chi connectivity index (χ0) is 21.8. The second kappa shape index (κ2) is 9.92. The number of carbonyl (C=O) groups excluding carboxylic acids is 1. The number of ether oxygens (including phenoxy) is 1. The van der Waals surface area contributed by atoms with Gasteiger partial charge >= 0.3 is 5.97 Å². The van der Waals surface area contributed by atoms with Crippen molar-refractivity contribution in [2.75, 3.05) is 18.6 Å². The van der Waals surface area contributed by atoms with Gasteiger partial charge in [-0.3, -0.25) is 4.90 Å². The van der Waals surface area contributed by atoms with Crippen LogP contribution in [-0.4, -0.2) is 42.6 Å². The van der Waals surface area contributed by atoms with Gasteiger partial charge in [0.1, 0.15) is 6.04 Å². The lowest BCUT2D eigenvalue weighted by Gasteiger charge is -2.47. The van der Waals surface area contributed by atoms with E-state index in [1.807, 2.05) is 53.4 Å². The number of hydrogen-bond donors (Lipinski definition) is 0. The van der Waals surface area contributed by atoms with Gasteiger partial charge in [0.15, 0.2) is 0 Å². The Morgan fingerprint density at radius 1 is 0.935 bits per heavy atom. The number of anilines is 1. The van der Waals surface area contributed by atoms with Crippen LogP contribution in [0.4, 0.5) is 11.4 Å². The fourth-order valence-corrected chi connectivity index (χ4v) is 4.76. The van der Waals surface area contributed by atoms with E-state index in [0.717, 1.165) is 36.7 Å². The first-order valence-corrected chi connectivity index (χ1v) is 11.6. The fraction of sp³-hybridized carbons (Fsp3) is 0.417. The van der Waals surface area contributed by atoms with Crippen molar-refractivity contribution in [1.29, 1.82) is 0 Å². The monoisotopic (exact) mass is 459 g/mol. The average Bonchev–Trinajstić information content (AvgIpc) is 2.81. The molecule has 31 heavy (non-hydrogen) atoms. The summed E-state index contributed by atoms with van der Waals surface area (Å²) in [6, 6.07) is 15.0. The molecule has 2 aromatic carbocycles. The van der Waals surface area contributed by atoms with Crippen LogP contribution in [0.3, 0.4) is 0 Å². The minimum Gasteiger partial charge on any atom is -0.467 e. The summed E-state index contributed by atoms with van der Waals surface area (Å²) in [6.07, 6.45) is 6.66. The van der Waals surface area contributed by atoms with Crippen LogP contribution in [0.1, 0.15) is 38.5 Å². The predicted molar refractivity (Wildman–Crippen MR) is 126 cm³/mol. The first kappa shape index (κ1) is 22.0. The van der Waals surface area contributed by atoms with Gasteiger partial charge in [0, 0.05) is 28.3 Å². The number of guanidine groups is 1. The second-order valence-electron chi connectivity index (χ2n) is 8.05. The van der Waals surface area contributed by atoms with Crippen LogP contribution in [0, 0.1) is 0 Å². The molecule has 1 unspecified atom stereocenters. The molecule has 4 rings (SSSR count). The maximum absolute atomic E-state index is 12.8. The maximum atomic E-state index is 12.8. The van der Waals surface area contributed by atoms with Crippen LogP contribution in [0.25, 0.3) is 0 Å². The largest absolute Gasteiger partial charge is 0.467 e. The third-order valence-electron chi connectivity index (χ3n) is 6.08. The van der Waals surface area contributed by atoms with E-state index in [-0.39, 0.29) is 5.97 Å². The molecule has 2 fully saturated rings. The highest BCUT2D eigenvalue weighted by molar-refractivity contribution is 6.31. The van der Waals surface area contributed by atoms with Crippen LogP contribution in [0.2, 0.25) is 10.0 Å². The quantitative estimate of drug-likeness (QED) is 0.520. The number of halogens is 2. The molecule has 5 nitrogen and oxygen atoms in total. The number of hydrogen-bond acceptors (Lipinski definition) is 3. The zero-order valence-corrected chi connectivity index (χ0v) is 19.1. The van der Waals surface area contributed by atoms with E-state index < -0.39 is 6.04 Å². The zero-order valence-electron chi connectivity index (χ0n) is 17.6. The summed E-state index contributed by atoms with van der Waals surface area (Å²) in [6.45, 7) is 0.765. The Morgan fingerprint density at radius 2 is 1.55 bits per heavy atom. The van der Waals surface area contributed by atoms with E-state index >= 15 is 0 Å². The Labute approximate surface area is 193 Å². The number of esters is 1. The molecule has 0 aromatic heterocycles. The lowest BCUT2D eigenvalue weighted by Crippen LogP contribution is -2.61. The van der Waals surface area contributed by atoms with Gasteiger partial charge in [0.05, 0.1) is 12.8 Å². The van der Waals surface area contributed by atoms with Gasteiger partial charge in [-0.1, -0.05) is 42.5 Å². The number of nitrogens with zero attached hydrogens (tertiary/aromatic N) is 3. The highest BCUT2D eigenvalue weighted by Crippen LogP contribution is 2.33. The molecule has 1 heterocycles. The molecule has 1 saturated heterocycles. The normalized spacial score (nSPS) is 21.4.